The molecule has 0 fully saturated rings. The minimum absolute atomic E-state index is 0.153. The first kappa shape index (κ1) is 21.0. The number of hydrogen-bond donors (Lipinski definition) is 2. The van der Waals surface area contributed by atoms with Gasteiger partial charge in [0.15, 0.2) is 0 Å². The van der Waals surface area contributed by atoms with Crippen LogP contribution in [0, 0.1) is 0 Å². The first-order chi connectivity index (χ1) is 15.0. The van der Waals surface area contributed by atoms with Crippen LogP contribution in [0.1, 0.15) is 10.4 Å². The maximum Gasteiger partial charge on any atom is 0.322 e. The van der Waals surface area contributed by atoms with Crippen molar-refractivity contribution in [1.29, 1.82) is 0 Å². The second kappa shape index (κ2) is 9.24. The Morgan fingerprint density at radius 3 is 2.65 bits per heavy atom. The summed E-state index contributed by atoms with van der Waals surface area (Å²) in [5, 5.41) is 6.26. The van der Waals surface area contributed by atoms with Crippen LogP contribution < -0.4 is 15.6 Å². The van der Waals surface area contributed by atoms with Gasteiger partial charge in [0.25, 0.3) is 5.56 Å². The van der Waals surface area contributed by atoms with E-state index in [9.17, 15) is 9.59 Å². The number of carbonyl (C=O) groups is 1. The number of nitrogens with zero attached hydrogens (tertiary/aromatic N) is 1. The number of nitrogens with one attached hydrogen (secondary N) is 2. The molecule has 0 atom stereocenters. The van der Waals surface area contributed by atoms with Crippen molar-refractivity contribution in [3.63, 3.8) is 0 Å². The number of rotatable bonds is 6. The van der Waals surface area contributed by atoms with Crippen molar-refractivity contribution >= 4 is 45.6 Å². The molecule has 2 N–H and O–H groups in total. The van der Waals surface area contributed by atoms with Gasteiger partial charge in [-0.1, -0.05) is 17.7 Å². The van der Waals surface area contributed by atoms with Crippen molar-refractivity contribution in [2.75, 3.05) is 12.4 Å². The fourth-order valence-corrected chi connectivity index (χ4v) is 4.05. The van der Waals surface area contributed by atoms with E-state index < -0.39 is 0 Å². The summed E-state index contributed by atoms with van der Waals surface area (Å²) in [5.74, 6) is 0.696. The van der Waals surface area contributed by atoms with Crippen LogP contribution in [-0.2, 0) is 13.1 Å². The van der Waals surface area contributed by atoms with Gasteiger partial charge in [-0.2, -0.15) is 0 Å². The molecular weight excluding hydrogens is 434 g/mol. The standard InChI is InChI=1S/C23H20ClN3O3S/c1-30-19-8-9-21-15(12-19)11-16(22(28)26-21)13-27(14-20-3-2-10-31-20)23(29)25-18-6-4-17(24)5-7-18/h2-12H,13-14H2,1H3,(H,25,29)(H,26,28). The van der Waals surface area contributed by atoms with Gasteiger partial charge in [-0.25, -0.2) is 4.79 Å². The van der Waals surface area contributed by atoms with Gasteiger partial charge in [0.1, 0.15) is 5.75 Å². The van der Waals surface area contributed by atoms with E-state index in [4.69, 9.17) is 16.3 Å². The van der Waals surface area contributed by atoms with Crippen molar-refractivity contribution in [2.45, 2.75) is 13.1 Å². The highest BCUT2D eigenvalue weighted by Gasteiger charge is 2.18. The number of ether oxygens (including phenoxy) is 1. The fraction of sp³-hybridized carbons (Fsp3) is 0.130. The number of carbonyl (C=O) groups excluding carboxylic acids is 1. The third-order valence-electron chi connectivity index (χ3n) is 4.80. The van der Waals surface area contributed by atoms with Gasteiger partial charge in [-0.05, 0) is 60.0 Å². The third kappa shape index (κ3) is 5.07. The molecule has 0 bridgehead atoms. The summed E-state index contributed by atoms with van der Waals surface area (Å²) in [6.07, 6.45) is 0. The second-order valence-corrected chi connectivity index (χ2v) is 8.42. The van der Waals surface area contributed by atoms with Crippen LogP contribution in [0.25, 0.3) is 10.9 Å². The minimum atomic E-state index is -0.305. The summed E-state index contributed by atoms with van der Waals surface area (Å²) in [7, 11) is 1.59. The lowest BCUT2D eigenvalue weighted by atomic mass is 10.1. The summed E-state index contributed by atoms with van der Waals surface area (Å²) in [6.45, 7) is 0.534. The van der Waals surface area contributed by atoms with E-state index in [0.717, 1.165) is 10.3 Å². The quantitative estimate of drug-likeness (QED) is 0.405. The van der Waals surface area contributed by atoms with E-state index in [1.807, 2.05) is 23.6 Å². The fourth-order valence-electron chi connectivity index (χ4n) is 3.21. The maximum atomic E-state index is 13.1. The van der Waals surface area contributed by atoms with Gasteiger partial charge in [0.05, 0.1) is 20.2 Å². The molecule has 0 unspecified atom stereocenters. The van der Waals surface area contributed by atoms with Gasteiger partial charge in [0.2, 0.25) is 0 Å². The maximum absolute atomic E-state index is 13.1. The number of H-pyrrole nitrogens is 1. The van der Waals surface area contributed by atoms with E-state index in [1.54, 1.807) is 65.8 Å². The molecule has 0 spiro atoms. The van der Waals surface area contributed by atoms with E-state index in [0.29, 0.717) is 34.1 Å². The molecule has 158 valence electrons. The van der Waals surface area contributed by atoms with Crippen LogP contribution in [0.15, 0.2) is 70.8 Å². The van der Waals surface area contributed by atoms with Crippen LogP contribution in [0.3, 0.4) is 0 Å². The van der Waals surface area contributed by atoms with Crippen LogP contribution in [0.5, 0.6) is 5.75 Å². The molecule has 2 heterocycles. The van der Waals surface area contributed by atoms with E-state index in [1.165, 1.54) is 0 Å². The molecule has 0 aliphatic rings. The Hall–Kier alpha value is -3.29. The molecule has 2 aromatic heterocycles. The number of urea groups is 1. The highest BCUT2D eigenvalue weighted by Crippen LogP contribution is 2.21. The zero-order chi connectivity index (χ0) is 21.8. The lowest BCUT2D eigenvalue weighted by Gasteiger charge is -2.22. The Labute approximate surface area is 188 Å². The number of halogens is 1. The molecule has 0 radical (unpaired) electrons. The Morgan fingerprint density at radius 2 is 1.94 bits per heavy atom. The normalized spacial score (nSPS) is 10.8. The largest absolute Gasteiger partial charge is 0.497 e. The first-order valence-electron chi connectivity index (χ1n) is 9.55. The third-order valence-corrected chi connectivity index (χ3v) is 5.91. The Kier molecular flexibility index (Phi) is 6.25. The predicted octanol–water partition coefficient (Wildman–Crippen LogP) is 5.49. The number of fused-ring (bicyclic) bond motifs is 1. The number of methoxy groups -OCH3 is 1. The van der Waals surface area contributed by atoms with E-state index >= 15 is 0 Å². The van der Waals surface area contributed by atoms with Crippen LogP contribution in [0.2, 0.25) is 5.02 Å². The topological polar surface area (TPSA) is 74.4 Å². The molecule has 4 rings (SSSR count). The number of thiophene rings is 1. The van der Waals surface area contributed by atoms with Gasteiger partial charge >= 0.3 is 6.03 Å². The average molecular weight is 454 g/mol. The van der Waals surface area contributed by atoms with Gasteiger partial charge in [0, 0.05) is 32.1 Å². The molecule has 31 heavy (non-hydrogen) atoms. The zero-order valence-corrected chi connectivity index (χ0v) is 18.3. The van der Waals surface area contributed by atoms with E-state index in [-0.39, 0.29) is 18.1 Å². The Bertz CT molecular complexity index is 1250. The number of pyridine rings is 1. The molecule has 4 aromatic rings. The molecule has 0 saturated carbocycles. The smallest absolute Gasteiger partial charge is 0.322 e. The average Bonchev–Trinajstić information content (AvgIpc) is 3.28. The molecule has 8 heteroatoms. The highest BCUT2D eigenvalue weighted by molar-refractivity contribution is 7.09. The molecule has 0 aliphatic carbocycles. The lowest BCUT2D eigenvalue weighted by molar-refractivity contribution is 0.207. The summed E-state index contributed by atoms with van der Waals surface area (Å²) in [6, 6.07) is 17.7. The monoisotopic (exact) mass is 453 g/mol. The van der Waals surface area contributed by atoms with Crippen LogP contribution in [-0.4, -0.2) is 23.0 Å². The molecule has 0 saturated heterocycles. The lowest BCUT2D eigenvalue weighted by Crippen LogP contribution is -2.35. The summed E-state index contributed by atoms with van der Waals surface area (Å²) in [4.78, 5) is 31.3. The second-order valence-electron chi connectivity index (χ2n) is 6.95. The summed E-state index contributed by atoms with van der Waals surface area (Å²) >= 11 is 7.49. The van der Waals surface area contributed by atoms with Crippen molar-refractivity contribution in [2.24, 2.45) is 0 Å². The van der Waals surface area contributed by atoms with Crippen molar-refractivity contribution in [1.82, 2.24) is 9.88 Å². The molecule has 2 amide bonds. The number of benzene rings is 2. The molecular formula is C23H20ClN3O3S. The summed E-state index contributed by atoms with van der Waals surface area (Å²) < 4.78 is 5.28. The van der Waals surface area contributed by atoms with Gasteiger partial charge in [-0.3, -0.25) is 4.79 Å². The minimum Gasteiger partial charge on any atom is -0.497 e. The Morgan fingerprint density at radius 1 is 1.13 bits per heavy atom. The molecule has 0 aliphatic heterocycles. The first-order valence-corrected chi connectivity index (χ1v) is 10.8. The number of aromatic nitrogens is 1. The predicted molar refractivity (Wildman–Crippen MR) is 125 cm³/mol. The van der Waals surface area contributed by atoms with Crippen molar-refractivity contribution in [3.05, 3.63) is 91.9 Å². The van der Waals surface area contributed by atoms with Crippen molar-refractivity contribution < 1.29 is 9.53 Å². The summed E-state index contributed by atoms with van der Waals surface area (Å²) in [5.41, 5.74) is 1.60. The Balaban J connectivity index is 1.63. The zero-order valence-electron chi connectivity index (χ0n) is 16.7. The van der Waals surface area contributed by atoms with Crippen LogP contribution >= 0.6 is 22.9 Å². The number of hydrogen-bond acceptors (Lipinski definition) is 4. The molecule has 2 aromatic carbocycles. The van der Waals surface area contributed by atoms with Crippen LogP contribution in [0.4, 0.5) is 10.5 Å². The molecule has 6 nitrogen and oxygen atoms in total. The number of amides is 2. The van der Waals surface area contributed by atoms with Gasteiger partial charge < -0.3 is 19.9 Å². The number of anilines is 1. The van der Waals surface area contributed by atoms with E-state index in [2.05, 4.69) is 10.3 Å². The highest BCUT2D eigenvalue weighted by atomic mass is 35.5. The van der Waals surface area contributed by atoms with Gasteiger partial charge in [-0.15, -0.1) is 11.3 Å². The SMILES string of the molecule is COc1ccc2[nH]c(=O)c(CN(Cc3cccs3)C(=O)Nc3ccc(Cl)cc3)cc2c1. The number of aromatic amines is 1. The van der Waals surface area contributed by atoms with Crippen molar-refractivity contribution in [3.8, 4) is 5.75 Å².